The summed E-state index contributed by atoms with van der Waals surface area (Å²) in [4.78, 5) is 7.35. The fraction of sp³-hybridized carbons (Fsp3) is 0.381. The Kier molecular flexibility index (Phi) is 4.55. The molecule has 4 nitrogen and oxygen atoms in total. The number of hydrogen-bond acceptors (Lipinski definition) is 3. The van der Waals surface area contributed by atoms with Crippen molar-refractivity contribution in [3.8, 4) is 0 Å². The highest BCUT2D eigenvalue weighted by Gasteiger charge is 2.31. The Hall–Kier alpha value is -2.17. The molecular formula is C21H26N4. The van der Waals surface area contributed by atoms with Crippen molar-refractivity contribution in [2.75, 3.05) is 13.1 Å². The van der Waals surface area contributed by atoms with Crippen LogP contribution in [-0.4, -0.2) is 33.6 Å². The van der Waals surface area contributed by atoms with Crippen molar-refractivity contribution in [2.45, 2.75) is 38.4 Å². The molecular weight excluding hydrogens is 308 g/mol. The number of rotatable bonds is 5. The summed E-state index contributed by atoms with van der Waals surface area (Å²) in [7, 11) is 0. The maximum absolute atomic E-state index is 6.46. The molecule has 130 valence electrons. The van der Waals surface area contributed by atoms with Gasteiger partial charge < -0.3 is 10.3 Å². The maximum atomic E-state index is 6.46. The molecule has 1 saturated heterocycles. The van der Waals surface area contributed by atoms with Crippen LogP contribution < -0.4 is 5.73 Å². The molecule has 2 heterocycles. The fourth-order valence-electron chi connectivity index (χ4n) is 4.01. The van der Waals surface area contributed by atoms with Gasteiger partial charge in [-0.25, -0.2) is 4.98 Å². The minimum Gasteiger partial charge on any atom is -0.327 e. The van der Waals surface area contributed by atoms with E-state index in [-0.39, 0.29) is 6.04 Å². The minimum absolute atomic E-state index is 0.186. The van der Waals surface area contributed by atoms with Gasteiger partial charge in [0.05, 0.1) is 17.6 Å². The Balaban J connectivity index is 1.57. The van der Waals surface area contributed by atoms with E-state index >= 15 is 0 Å². The second kappa shape index (κ2) is 6.98. The molecule has 0 spiro atoms. The highest BCUT2D eigenvalue weighted by Crippen LogP contribution is 2.28. The molecule has 0 bridgehead atoms. The van der Waals surface area contributed by atoms with E-state index < -0.39 is 0 Å². The van der Waals surface area contributed by atoms with Crippen LogP contribution in [0.5, 0.6) is 0 Å². The summed E-state index contributed by atoms with van der Waals surface area (Å²) >= 11 is 0. The van der Waals surface area contributed by atoms with Crippen molar-refractivity contribution in [1.82, 2.24) is 14.5 Å². The fourth-order valence-corrected chi connectivity index (χ4v) is 4.01. The smallest absolute Gasteiger partial charge is 0.124 e. The summed E-state index contributed by atoms with van der Waals surface area (Å²) in [6.07, 6.45) is 1.11. The van der Waals surface area contributed by atoms with Crippen LogP contribution in [0.1, 0.15) is 30.7 Å². The van der Waals surface area contributed by atoms with Gasteiger partial charge in [-0.15, -0.1) is 0 Å². The third-order valence-corrected chi connectivity index (χ3v) is 5.21. The molecule has 0 aliphatic carbocycles. The van der Waals surface area contributed by atoms with Crippen molar-refractivity contribution < 1.29 is 0 Å². The van der Waals surface area contributed by atoms with Crippen molar-refractivity contribution >= 4 is 11.0 Å². The van der Waals surface area contributed by atoms with E-state index in [1.165, 1.54) is 11.1 Å². The van der Waals surface area contributed by atoms with Gasteiger partial charge in [-0.1, -0.05) is 49.4 Å². The van der Waals surface area contributed by atoms with Crippen molar-refractivity contribution in [3.63, 3.8) is 0 Å². The highest BCUT2D eigenvalue weighted by molar-refractivity contribution is 5.75. The second-order valence-corrected chi connectivity index (χ2v) is 7.04. The van der Waals surface area contributed by atoms with Gasteiger partial charge in [-0.3, -0.25) is 4.90 Å². The van der Waals surface area contributed by atoms with Gasteiger partial charge in [0.25, 0.3) is 0 Å². The lowest BCUT2D eigenvalue weighted by Gasteiger charge is -2.17. The number of aryl methyl sites for hydroxylation is 1. The van der Waals surface area contributed by atoms with Crippen molar-refractivity contribution in [2.24, 2.45) is 5.73 Å². The van der Waals surface area contributed by atoms with Crippen LogP contribution in [0.15, 0.2) is 54.6 Å². The van der Waals surface area contributed by atoms with Gasteiger partial charge in [-0.2, -0.15) is 0 Å². The first-order valence-corrected chi connectivity index (χ1v) is 9.23. The largest absolute Gasteiger partial charge is 0.327 e. The molecule has 1 aromatic heterocycles. The molecule has 2 aromatic carbocycles. The summed E-state index contributed by atoms with van der Waals surface area (Å²) in [5.41, 5.74) is 10.1. The number of imidazole rings is 1. The minimum atomic E-state index is 0.186. The Morgan fingerprint density at radius 1 is 1.04 bits per heavy atom. The Morgan fingerprint density at radius 3 is 2.60 bits per heavy atom. The van der Waals surface area contributed by atoms with Gasteiger partial charge in [0.15, 0.2) is 0 Å². The van der Waals surface area contributed by atoms with E-state index in [1.54, 1.807) is 0 Å². The lowest BCUT2D eigenvalue weighted by Crippen LogP contribution is -2.29. The number of para-hydroxylation sites is 2. The molecule has 1 aliphatic rings. The molecule has 2 atom stereocenters. The zero-order chi connectivity index (χ0) is 17.2. The Morgan fingerprint density at radius 2 is 1.80 bits per heavy atom. The third kappa shape index (κ3) is 3.20. The SMILES string of the molecule is CCCn1c(CN2C[C@@H](N)[C@H](c3ccccc3)C2)nc2ccccc21. The molecule has 0 radical (unpaired) electrons. The van der Waals surface area contributed by atoms with Crippen LogP contribution in [0.25, 0.3) is 11.0 Å². The summed E-state index contributed by atoms with van der Waals surface area (Å²) in [6, 6.07) is 19.3. The topological polar surface area (TPSA) is 47.1 Å². The molecule has 4 heteroatoms. The molecule has 0 amide bonds. The average Bonchev–Trinajstić information content (AvgIpc) is 3.17. The zero-order valence-electron chi connectivity index (χ0n) is 14.8. The van der Waals surface area contributed by atoms with Gasteiger partial charge >= 0.3 is 0 Å². The van der Waals surface area contributed by atoms with Crippen LogP contribution in [0.3, 0.4) is 0 Å². The number of nitrogens with zero attached hydrogens (tertiary/aromatic N) is 3. The van der Waals surface area contributed by atoms with Gasteiger partial charge in [0.1, 0.15) is 5.82 Å². The average molecular weight is 334 g/mol. The molecule has 1 aliphatic heterocycles. The normalized spacial score (nSPS) is 21.2. The highest BCUT2D eigenvalue weighted by atomic mass is 15.2. The second-order valence-electron chi connectivity index (χ2n) is 7.04. The molecule has 1 fully saturated rings. The number of likely N-dealkylation sites (tertiary alicyclic amines) is 1. The molecule has 0 unspecified atom stereocenters. The van der Waals surface area contributed by atoms with Crippen molar-refractivity contribution in [3.05, 3.63) is 66.0 Å². The third-order valence-electron chi connectivity index (χ3n) is 5.21. The van der Waals surface area contributed by atoms with E-state index in [0.29, 0.717) is 5.92 Å². The predicted octanol–water partition coefficient (Wildman–Crippen LogP) is 3.37. The van der Waals surface area contributed by atoms with Gasteiger partial charge in [0, 0.05) is 31.6 Å². The summed E-state index contributed by atoms with van der Waals surface area (Å²) in [6.45, 7) is 6.02. The van der Waals surface area contributed by atoms with E-state index in [0.717, 1.165) is 43.9 Å². The van der Waals surface area contributed by atoms with Crippen LogP contribution >= 0.6 is 0 Å². The molecule has 4 rings (SSSR count). The molecule has 3 aromatic rings. The molecule has 2 N–H and O–H groups in total. The number of fused-ring (bicyclic) bond motifs is 1. The number of hydrogen-bond donors (Lipinski definition) is 1. The van der Waals surface area contributed by atoms with Gasteiger partial charge in [0.2, 0.25) is 0 Å². The summed E-state index contributed by atoms with van der Waals surface area (Å²) in [5, 5.41) is 0. The van der Waals surface area contributed by atoms with Gasteiger partial charge in [-0.05, 0) is 24.1 Å². The molecule has 0 saturated carbocycles. The first-order chi connectivity index (χ1) is 12.3. The predicted molar refractivity (Wildman–Crippen MR) is 102 cm³/mol. The number of aromatic nitrogens is 2. The lowest BCUT2D eigenvalue weighted by molar-refractivity contribution is 0.310. The summed E-state index contributed by atoms with van der Waals surface area (Å²) in [5.74, 6) is 1.56. The summed E-state index contributed by atoms with van der Waals surface area (Å²) < 4.78 is 2.37. The van der Waals surface area contributed by atoms with E-state index in [9.17, 15) is 0 Å². The van der Waals surface area contributed by atoms with Crippen LogP contribution in [-0.2, 0) is 13.1 Å². The molecule has 25 heavy (non-hydrogen) atoms. The lowest BCUT2D eigenvalue weighted by atomic mass is 9.95. The Bertz CT molecular complexity index is 839. The zero-order valence-corrected chi connectivity index (χ0v) is 14.8. The number of benzene rings is 2. The van der Waals surface area contributed by atoms with Crippen LogP contribution in [0.4, 0.5) is 0 Å². The monoisotopic (exact) mass is 334 g/mol. The number of nitrogens with two attached hydrogens (primary N) is 1. The standard InChI is InChI=1S/C21H26N4/c1-2-12-25-20-11-7-6-10-19(20)23-21(25)15-24-13-17(18(22)14-24)16-8-4-3-5-9-16/h3-11,17-18H,2,12-15,22H2,1H3/t17-,18+/m0/s1. The first-order valence-electron chi connectivity index (χ1n) is 9.23. The van der Waals surface area contributed by atoms with E-state index in [4.69, 9.17) is 10.7 Å². The maximum Gasteiger partial charge on any atom is 0.124 e. The van der Waals surface area contributed by atoms with E-state index in [1.807, 2.05) is 0 Å². The van der Waals surface area contributed by atoms with E-state index in [2.05, 4.69) is 71.0 Å². The Labute approximate surface area is 149 Å². The van der Waals surface area contributed by atoms with Crippen LogP contribution in [0.2, 0.25) is 0 Å². The van der Waals surface area contributed by atoms with Crippen LogP contribution in [0, 0.1) is 0 Å². The first kappa shape index (κ1) is 16.3. The van der Waals surface area contributed by atoms with Crippen molar-refractivity contribution in [1.29, 1.82) is 0 Å². The quantitative estimate of drug-likeness (QED) is 0.778.